The van der Waals surface area contributed by atoms with Crippen LogP contribution in [0.25, 0.3) is 0 Å². The zero-order chi connectivity index (χ0) is 30.4. The summed E-state index contributed by atoms with van der Waals surface area (Å²) < 4.78 is 33.2. The van der Waals surface area contributed by atoms with Crippen molar-refractivity contribution < 1.29 is 27.5 Å². The van der Waals surface area contributed by atoms with Gasteiger partial charge in [0.1, 0.15) is 5.00 Å². The van der Waals surface area contributed by atoms with Crippen LogP contribution in [0.2, 0.25) is 0 Å². The quantitative estimate of drug-likeness (QED) is 0.384. The summed E-state index contributed by atoms with van der Waals surface area (Å²) >= 11 is 1.30. The summed E-state index contributed by atoms with van der Waals surface area (Å²) in [5, 5.41) is 3.38. The Labute approximate surface area is 253 Å². The largest absolute Gasteiger partial charge is 0.450 e. The van der Waals surface area contributed by atoms with Crippen LogP contribution in [0, 0.1) is 0 Å². The van der Waals surface area contributed by atoms with Crippen molar-refractivity contribution in [2.45, 2.75) is 83.7 Å². The molecular formula is C30H42N4O6S2. The molecule has 3 amide bonds. The van der Waals surface area contributed by atoms with E-state index < -0.39 is 22.0 Å². The minimum absolute atomic E-state index is 0.0627. The maximum atomic E-state index is 13.9. The molecule has 0 radical (unpaired) electrons. The average Bonchev–Trinajstić information content (AvgIpc) is 3.33. The first-order valence-electron chi connectivity index (χ1n) is 14.9. The molecule has 12 heteroatoms. The van der Waals surface area contributed by atoms with E-state index in [1.807, 2.05) is 25.7 Å². The molecule has 1 unspecified atom stereocenters. The van der Waals surface area contributed by atoms with Crippen molar-refractivity contribution in [3.8, 4) is 0 Å². The first-order valence-corrected chi connectivity index (χ1v) is 17.2. The third-order valence-corrected chi connectivity index (χ3v) is 10.9. The number of piperidine rings is 1. The number of nitrogens with one attached hydrogen (secondary N) is 1. The number of anilines is 1. The summed E-state index contributed by atoms with van der Waals surface area (Å²) in [5.41, 5.74) is 1.62. The van der Waals surface area contributed by atoms with E-state index in [4.69, 9.17) is 4.74 Å². The van der Waals surface area contributed by atoms with Crippen LogP contribution >= 0.6 is 11.3 Å². The monoisotopic (exact) mass is 618 g/mol. The number of rotatable bonds is 10. The smallest absolute Gasteiger partial charge is 0.410 e. The second-order valence-corrected chi connectivity index (χ2v) is 13.8. The number of amides is 3. The van der Waals surface area contributed by atoms with E-state index in [9.17, 15) is 22.8 Å². The highest BCUT2D eigenvalue weighted by Crippen LogP contribution is 2.38. The van der Waals surface area contributed by atoms with Crippen LogP contribution in [0.1, 0.15) is 91.0 Å². The molecule has 3 heterocycles. The minimum atomic E-state index is -3.66. The summed E-state index contributed by atoms with van der Waals surface area (Å²) in [4.78, 5) is 44.1. The number of ether oxygens (including phenoxy) is 1. The Morgan fingerprint density at radius 2 is 1.74 bits per heavy atom. The molecular weight excluding hydrogens is 576 g/mol. The van der Waals surface area contributed by atoms with Gasteiger partial charge >= 0.3 is 6.09 Å². The second kappa shape index (κ2) is 14.0. The molecule has 1 atom stereocenters. The number of carbonyl (C=O) groups excluding carboxylic acids is 3. The molecule has 1 aromatic heterocycles. The van der Waals surface area contributed by atoms with Gasteiger partial charge in [-0.2, -0.15) is 4.31 Å². The van der Waals surface area contributed by atoms with Crippen molar-refractivity contribution in [3.63, 3.8) is 0 Å². The Kier molecular flexibility index (Phi) is 10.7. The molecule has 0 saturated carbocycles. The zero-order valence-electron chi connectivity index (χ0n) is 25.0. The molecule has 0 aliphatic carbocycles. The molecule has 0 spiro atoms. The van der Waals surface area contributed by atoms with Gasteiger partial charge in [0.25, 0.3) is 11.8 Å². The van der Waals surface area contributed by atoms with Crippen LogP contribution < -0.4 is 5.32 Å². The average molecular weight is 619 g/mol. The lowest BCUT2D eigenvalue weighted by atomic mass is 10.0. The van der Waals surface area contributed by atoms with Gasteiger partial charge in [-0.15, -0.1) is 11.3 Å². The fourth-order valence-corrected chi connectivity index (χ4v) is 8.57. The molecule has 1 fully saturated rings. The number of hydrogen-bond donors (Lipinski definition) is 1. The maximum absolute atomic E-state index is 13.9. The number of thiophene rings is 1. The number of hydrogen-bond acceptors (Lipinski definition) is 7. The van der Waals surface area contributed by atoms with E-state index in [-0.39, 0.29) is 29.0 Å². The van der Waals surface area contributed by atoms with Gasteiger partial charge in [-0.05, 0) is 75.8 Å². The van der Waals surface area contributed by atoms with E-state index in [0.717, 1.165) is 42.5 Å². The standard InChI is InChI=1S/C30H42N4O6S2/c1-5-16-32(17-6-2)29(36)26-24-15-19-33(30(37)40-7-3)20-25(24)41-28(26)31-27(35)22-11-13-23(14-12-22)42(38,39)34-18-9-8-10-21(34)4/h11-14,21H,5-10,15-20H2,1-4H3,(H,31,35). The lowest BCUT2D eigenvalue weighted by Gasteiger charge is -2.32. The molecule has 4 rings (SSSR count). The van der Waals surface area contributed by atoms with Gasteiger partial charge in [0.15, 0.2) is 0 Å². The Bertz CT molecular complexity index is 1380. The highest BCUT2D eigenvalue weighted by Gasteiger charge is 2.33. The highest BCUT2D eigenvalue weighted by molar-refractivity contribution is 7.89. The minimum Gasteiger partial charge on any atom is -0.450 e. The van der Waals surface area contributed by atoms with Crippen molar-refractivity contribution in [1.82, 2.24) is 14.1 Å². The normalized spacial score (nSPS) is 17.4. The first kappa shape index (κ1) is 32.0. The molecule has 2 aliphatic rings. The third kappa shape index (κ3) is 6.81. The predicted molar refractivity (Wildman–Crippen MR) is 164 cm³/mol. The van der Waals surface area contributed by atoms with Crippen molar-refractivity contribution in [2.75, 3.05) is 38.1 Å². The third-order valence-electron chi connectivity index (χ3n) is 7.76. The van der Waals surface area contributed by atoms with Gasteiger partial charge in [-0.25, -0.2) is 13.2 Å². The van der Waals surface area contributed by atoms with Crippen molar-refractivity contribution in [2.24, 2.45) is 0 Å². The summed E-state index contributed by atoms with van der Waals surface area (Å²) in [7, 11) is -3.66. The van der Waals surface area contributed by atoms with E-state index in [2.05, 4.69) is 5.32 Å². The molecule has 2 aromatic rings. The van der Waals surface area contributed by atoms with E-state index in [1.165, 1.54) is 39.9 Å². The number of nitrogens with zero attached hydrogens (tertiary/aromatic N) is 3. The van der Waals surface area contributed by atoms with Gasteiger partial charge in [-0.1, -0.05) is 20.3 Å². The van der Waals surface area contributed by atoms with Gasteiger partial charge in [-0.3, -0.25) is 9.59 Å². The van der Waals surface area contributed by atoms with Crippen molar-refractivity contribution in [3.05, 3.63) is 45.8 Å². The molecule has 0 bridgehead atoms. The second-order valence-electron chi connectivity index (χ2n) is 10.8. The Hall–Kier alpha value is -2.96. The SMILES string of the molecule is CCCN(CCC)C(=O)c1c(NC(=O)c2ccc(S(=O)(=O)N3CCCCC3C)cc2)sc2c1CCN(C(=O)OCC)C2. The first-order chi connectivity index (χ1) is 20.1. The van der Waals surface area contributed by atoms with E-state index in [0.29, 0.717) is 49.7 Å². The van der Waals surface area contributed by atoms with Gasteiger partial charge in [0, 0.05) is 42.7 Å². The maximum Gasteiger partial charge on any atom is 0.410 e. The Balaban J connectivity index is 1.61. The Morgan fingerprint density at radius 1 is 1.05 bits per heavy atom. The van der Waals surface area contributed by atoms with Crippen molar-refractivity contribution in [1.29, 1.82) is 0 Å². The predicted octanol–water partition coefficient (Wildman–Crippen LogP) is 5.34. The summed E-state index contributed by atoms with van der Waals surface area (Å²) in [5.74, 6) is -0.564. The Morgan fingerprint density at radius 3 is 2.36 bits per heavy atom. The molecule has 230 valence electrons. The number of benzene rings is 1. The molecule has 10 nitrogen and oxygen atoms in total. The summed E-state index contributed by atoms with van der Waals surface area (Å²) in [6.45, 7) is 10.4. The molecule has 1 aromatic carbocycles. The number of sulfonamides is 1. The zero-order valence-corrected chi connectivity index (χ0v) is 26.6. The van der Waals surface area contributed by atoms with Gasteiger partial charge in [0.05, 0.1) is 23.6 Å². The van der Waals surface area contributed by atoms with Crippen LogP contribution in [0.5, 0.6) is 0 Å². The lowest BCUT2D eigenvalue weighted by Crippen LogP contribution is -2.41. The van der Waals surface area contributed by atoms with Crippen LogP contribution in [0.3, 0.4) is 0 Å². The van der Waals surface area contributed by atoms with Crippen LogP contribution in [-0.4, -0.2) is 79.3 Å². The topological polar surface area (TPSA) is 116 Å². The van der Waals surface area contributed by atoms with Crippen LogP contribution in [0.15, 0.2) is 29.2 Å². The van der Waals surface area contributed by atoms with E-state index in [1.54, 1.807) is 11.8 Å². The summed E-state index contributed by atoms with van der Waals surface area (Å²) in [6.07, 6.45) is 4.37. The van der Waals surface area contributed by atoms with Crippen LogP contribution in [0.4, 0.5) is 9.80 Å². The molecule has 42 heavy (non-hydrogen) atoms. The fourth-order valence-electron chi connectivity index (χ4n) is 5.62. The highest BCUT2D eigenvalue weighted by atomic mass is 32.2. The van der Waals surface area contributed by atoms with Gasteiger partial charge < -0.3 is 19.9 Å². The number of fused-ring (bicyclic) bond motifs is 1. The fraction of sp³-hybridized carbons (Fsp3) is 0.567. The van der Waals surface area contributed by atoms with E-state index >= 15 is 0 Å². The van der Waals surface area contributed by atoms with Crippen molar-refractivity contribution >= 4 is 44.3 Å². The molecule has 1 N–H and O–H groups in total. The molecule has 1 saturated heterocycles. The lowest BCUT2D eigenvalue weighted by molar-refractivity contribution is 0.0755. The van der Waals surface area contributed by atoms with Gasteiger partial charge in [0.2, 0.25) is 10.0 Å². The molecule has 2 aliphatic heterocycles. The number of carbonyl (C=O) groups is 3. The summed E-state index contributed by atoms with van der Waals surface area (Å²) in [6, 6.07) is 5.90. The van der Waals surface area contributed by atoms with Crippen LogP contribution in [-0.2, 0) is 27.7 Å².